The summed E-state index contributed by atoms with van der Waals surface area (Å²) in [5.74, 6) is -3.79. The van der Waals surface area contributed by atoms with Gasteiger partial charge in [-0.2, -0.15) is 0 Å². The van der Waals surface area contributed by atoms with E-state index in [0.717, 1.165) is 11.3 Å². The van der Waals surface area contributed by atoms with E-state index in [4.69, 9.17) is 17.3 Å². The zero-order valence-electron chi connectivity index (χ0n) is 22.7. The Morgan fingerprint density at radius 2 is 2.13 bits per heavy atom. The molecule has 3 unspecified atom stereocenters. The van der Waals surface area contributed by atoms with Gasteiger partial charge in [0, 0.05) is 55.8 Å². The molecule has 0 spiro atoms. The highest BCUT2D eigenvalue weighted by molar-refractivity contribution is 6.31. The third kappa shape index (κ3) is 11.4. The number of nitrogens with zero attached hydrogens (tertiary/aromatic N) is 1. The number of rotatable bonds is 16. The molecule has 2 rings (SSSR count). The maximum Gasteiger partial charge on any atom is 0.266 e. The second kappa shape index (κ2) is 16.7. The normalized spacial score (nSPS) is 22.6. The van der Waals surface area contributed by atoms with E-state index in [1.54, 1.807) is 6.08 Å². The number of hydrogen-bond acceptors (Lipinski definition) is 6. The van der Waals surface area contributed by atoms with Gasteiger partial charge in [0.05, 0.1) is 18.2 Å². The zero-order valence-corrected chi connectivity index (χ0v) is 23.4. The molecule has 0 fully saturated rings. The van der Waals surface area contributed by atoms with Gasteiger partial charge in [0.2, 0.25) is 5.91 Å². The molecular formula is C29H43ClF2N4O3. The van der Waals surface area contributed by atoms with Gasteiger partial charge in [-0.25, -0.2) is 8.78 Å². The number of allylic oxidation sites excluding steroid dienone is 7. The monoisotopic (exact) mass is 568 g/mol. The Bertz CT molecular complexity index is 960. The topological polar surface area (TPSA) is 111 Å². The van der Waals surface area contributed by atoms with Gasteiger partial charge in [0.1, 0.15) is 0 Å². The van der Waals surface area contributed by atoms with Crippen LogP contribution in [-0.2, 0) is 4.79 Å². The molecule has 1 amide bonds. The molecule has 0 radical (unpaired) electrons. The summed E-state index contributed by atoms with van der Waals surface area (Å²) in [4.78, 5) is 14.7. The molecule has 0 aromatic carbocycles. The van der Waals surface area contributed by atoms with Crippen molar-refractivity contribution < 1.29 is 23.8 Å². The minimum Gasteiger partial charge on any atom is -0.396 e. The Kier molecular flexibility index (Phi) is 14.1. The fourth-order valence-corrected chi connectivity index (χ4v) is 4.56. The largest absolute Gasteiger partial charge is 0.396 e. The summed E-state index contributed by atoms with van der Waals surface area (Å²) in [6.07, 6.45) is 15.7. The van der Waals surface area contributed by atoms with Crippen molar-refractivity contribution in [2.24, 2.45) is 17.6 Å². The highest BCUT2D eigenvalue weighted by atomic mass is 35.5. The smallest absolute Gasteiger partial charge is 0.266 e. The number of aliphatic hydroxyl groups is 2. The second-order valence-electron chi connectivity index (χ2n) is 9.93. The predicted octanol–water partition coefficient (Wildman–Crippen LogP) is 4.08. The minimum atomic E-state index is -2.91. The van der Waals surface area contributed by atoms with Gasteiger partial charge in [-0.15, -0.1) is 0 Å². The van der Waals surface area contributed by atoms with Crippen molar-refractivity contribution in [2.75, 3.05) is 26.3 Å². The summed E-state index contributed by atoms with van der Waals surface area (Å²) in [7, 11) is 0. The lowest BCUT2D eigenvalue weighted by Crippen LogP contribution is -2.57. The number of amides is 1. The second-order valence-corrected chi connectivity index (χ2v) is 10.4. The molecule has 1 aliphatic heterocycles. The Morgan fingerprint density at radius 3 is 2.79 bits per heavy atom. The minimum absolute atomic E-state index is 0.153. The van der Waals surface area contributed by atoms with Crippen LogP contribution >= 0.6 is 11.6 Å². The van der Waals surface area contributed by atoms with Crippen LogP contribution in [0.1, 0.15) is 45.4 Å². The van der Waals surface area contributed by atoms with Gasteiger partial charge in [-0.05, 0) is 50.8 Å². The average molecular weight is 569 g/mol. The van der Waals surface area contributed by atoms with Crippen molar-refractivity contribution in [1.82, 2.24) is 15.5 Å². The Morgan fingerprint density at radius 1 is 1.38 bits per heavy atom. The molecule has 39 heavy (non-hydrogen) atoms. The van der Waals surface area contributed by atoms with Gasteiger partial charge < -0.3 is 26.6 Å². The summed E-state index contributed by atoms with van der Waals surface area (Å²) >= 11 is 6.04. The molecule has 0 aromatic heterocycles. The predicted molar refractivity (Wildman–Crippen MR) is 153 cm³/mol. The summed E-state index contributed by atoms with van der Waals surface area (Å²) in [6.45, 7) is 5.46. The van der Waals surface area contributed by atoms with E-state index in [1.807, 2.05) is 43.4 Å². The molecule has 6 N–H and O–H groups in total. The van der Waals surface area contributed by atoms with E-state index in [9.17, 15) is 23.8 Å². The SMILES string of the molecule is C=CC(F)(F)CCCC1NC(C/C=C\C(Cl)=C/C)=CC(N)N1CCC1=CC(C(=O)NCC(CO)CO)CC=C1. The van der Waals surface area contributed by atoms with Gasteiger partial charge in [-0.3, -0.25) is 9.69 Å². The summed E-state index contributed by atoms with van der Waals surface area (Å²) in [5.41, 5.74) is 8.43. The van der Waals surface area contributed by atoms with Crippen molar-refractivity contribution >= 4 is 17.5 Å². The fraction of sp³-hybridized carbons (Fsp3) is 0.552. The number of halogens is 3. The van der Waals surface area contributed by atoms with Crippen LogP contribution in [0.5, 0.6) is 0 Å². The average Bonchev–Trinajstić information content (AvgIpc) is 2.93. The van der Waals surface area contributed by atoms with Crippen molar-refractivity contribution in [1.29, 1.82) is 0 Å². The third-order valence-corrected chi connectivity index (χ3v) is 7.24. The van der Waals surface area contributed by atoms with Crippen molar-refractivity contribution in [3.8, 4) is 0 Å². The maximum absolute atomic E-state index is 13.8. The lowest BCUT2D eigenvalue weighted by atomic mass is 9.93. The molecule has 7 nitrogen and oxygen atoms in total. The van der Waals surface area contributed by atoms with Gasteiger partial charge in [0.15, 0.2) is 0 Å². The van der Waals surface area contributed by atoms with Crippen LogP contribution in [0.4, 0.5) is 8.78 Å². The highest BCUT2D eigenvalue weighted by Crippen LogP contribution is 2.26. The van der Waals surface area contributed by atoms with E-state index in [1.165, 1.54) is 0 Å². The van der Waals surface area contributed by atoms with Crippen molar-refractivity contribution in [2.45, 2.75) is 63.7 Å². The van der Waals surface area contributed by atoms with Gasteiger partial charge in [-0.1, -0.05) is 54.1 Å². The van der Waals surface area contributed by atoms with Crippen LogP contribution in [0, 0.1) is 11.8 Å². The molecule has 0 saturated heterocycles. The number of nitrogens with two attached hydrogens (primary N) is 1. The molecule has 3 atom stereocenters. The zero-order chi connectivity index (χ0) is 28.8. The highest BCUT2D eigenvalue weighted by Gasteiger charge is 2.30. The molecule has 0 aromatic rings. The number of hydrogen-bond donors (Lipinski definition) is 5. The fourth-order valence-electron chi connectivity index (χ4n) is 4.47. The Labute approximate surface area is 235 Å². The molecular weight excluding hydrogens is 526 g/mol. The lowest BCUT2D eigenvalue weighted by molar-refractivity contribution is -0.123. The van der Waals surface area contributed by atoms with Crippen molar-refractivity contribution in [3.05, 3.63) is 71.5 Å². The van der Waals surface area contributed by atoms with Crippen molar-refractivity contribution in [3.63, 3.8) is 0 Å². The molecule has 0 bridgehead atoms. The number of alkyl halides is 2. The van der Waals surface area contributed by atoms with Crippen LogP contribution < -0.4 is 16.4 Å². The van der Waals surface area contributed by atoms with Gasteiger partial charge >= 0.3 is 0 Å². The number of carbonyl (C=O) groups excluding carboxylic acids is 1. The molecule has 2 aliphatic rings. The first-order valence-corrected chi connectivity index (χ1v) is 13.8. The summed E-state index contributed by atoms with van der Waals surface area (Å²) in [6, 6.07) is 0. The summed E-state index contributed by atoms with van der Waals surface area (Å²) < 4.78 is 27.6. The van der Waals surface area contributed by atoms with E-state index in [0.29, 0.717) is 49.8 Å². The first kappa shape index (κ1) is 32.9. The molecule has 218 valence electrons. The summed E-state index contributed by atoms with van der Waals surface area (Å²) in [5, 5.41) is 25.3. The van der Waals surface area contributed by atoms with E-state index < -0.39 is 12.1 Å². The number of aliphatic hydroxyl groups excluding tert-OH is 2. The van der Waals surface area contributed by atoms with E-state index >= 15 is 0 Å². The first-order chi connectivity index (χ1) is 18.6. The molecule has 1 aliphatic carbocycles. The maximum atomic E-state index is 13.8. The van der Waals surface area contributed by atoms with Crippen LogP contribution in [0.3, 0.4) is 0 Å². The Hall–Kier alpha value is -2.30. The molecule has 0 saturated carbocycles. The van der Waals surface area contributed by atoms with Crippen LogP contribution in [0.2, 0.25) is 0 Å². The van der Waals surface area contributed by atoms with Crippen LogP contribution in [0.25, 0.3) is 0 Å². The molecule has 1 heterocycles. The van der Waals surface area contributed by atoms with Gasteiger partial charge in [0.25, 0.3) is 5.92 Å². The van der Waals surface area contributed by atoms with Crippen LogP contribution in [0.15, 0.2) is 71.5 Å². The van der Waals surface area contributed by atoms with E-state index in [-0.39, 0.29) is 50.1 Å². The standard InChI is InChI=1S/C29H43ClF2N4O3/c1-3-24(30)10-6-11-25-17-26(33)36(27(35-25)12-7-14-29(31,32)4-2)15-13-21-8-5-9-23(16-21)28(39)34-18-22(19-37)20-38/h3-6,8,10,16-17,22-23,26-27,35,37-38H,2,7,9,11-15,18-20,33H2,1H3,(H,34,39)/b10-6-,24-3+. The number of nitrogens with one attached hydrogen (secondary N) is 2. The Balaban J connectivity index is 2.06. The quantitative estimate of drug-likeness (QED) is 0.142. The first-order valence-electron chi connectivity index (χ1n) is 13.5. The molecule has 10 heteroatoms. The van der Waals surface area contributed by atoms with E-state index in [2.05, 4.69) is 22.1 Å². The van der Waals surface area contributed by atoms with Crippen LogP contribution in [-0.4, -0.2) is 65.6 Å². The number of carbonyl (C=O) groups is 1. The lowest BCUT2D eigenvalue weighted by Gasteiger charge is -2.41. The third-order valence-electron chi connectivity index (χ3n) is 6.90.